The molecule has 0 amide bonds. The third-order valence-corrected chi connectivity index (χ3v) is 5.99. The van der Waals surface area contributed by atoms with Gasteiger partial charge in [-0.3, -0.25) is 0 Å². The Balaban J connectivity index is 1.40. The molecule has 2 aromatic carbocycles. The molecule has 0 fully saturated rings. The standard InChI is InChI=1S/C30H38O8/c1-5-22-9-7-8-10-27(22)29-14-23-11-12-26(15-28(23)38-29)36-18-24(31)16-34-20(3)13-21(4)35-17-25(32)19-37-30(33)6-2/h6-12,14-15,20-21,24-25,31-32H,2,5,13,16-19H2,1,3-4H3. The highest BCUT2D eigenvalue weighted by Crippen LogP contribution is 2.32. The topological polar surface area (TPSA) is 108 Å². The van der Waals surface area contributed by atoms with E-state index in [9.17, 15) is 15.0 Å². The van der Waals surface area contributed by atoms with E-state index < -0.39 is 18.2 Å². The van der Waals surface area contributed by atoms with Gasteiger partial charge < -0.3 is 33.6 Å². The zero-order valence-corrected chi connectivity index (χ0v) is 22.3. The molecule has 0 aliphatic rings. The Morgan fingerprint density at radius 2 is 1.66 bits per heavy atom. The van der Waals surface area contributed by atoms with Gasteiger partial charge in [-0.05, 0) is 50.5 Å². The molecule has 1 aromatic heterocycles. The molecule has 3 rings (SSSR count). The molecular weight excluding hydrogens is 488 g/mol. The first-order chi connectivity index (χ1) is 18.3. The van der Waals surface area contributed by atoms with Gasteiger partial charge in [0, 0.05) is 23.1 Å². The summed E-state index contributed by atoms with van der Waals surface area (Å²) in [6.07, 6.45) is 0.409. The van der Waals surface area contributed by atoms with E-state index in [1.807, 2.05) is 50.2 Å². The Labute approximate surface area is 223 Å². The maximum atomic E-state index is 11.0. The minimum Gasteiger partial charge on any atom is -0.491 e. The van der Waals surface area contributed by atoms with Crippen molar-refractivity contribution in [3.05, 3.63) is 66.7 Å². The summed E-state index contributed by atoms with van der Waals surface area (Å²) in [4.78, 5) is 11.0. The number of aryl methyl sites for hydroxylation is 1. The Hall–Kier alpha value is -3.17. The second-order valence-corrected chi connectivity index (χ2v) is 9.30. The summed E-state index contributed by atoms with van der Waals surface area (Å²) in [5.41, 5.74) is 3.03. The number of carbonyl (C=O) groups excluding carboxylic acids is 1. The number of carbonyl (C=O) groups is 1. The number of benzene rings is 2. The number of aliphatic hydroxyl groups excluding tert-OH is 2. The molecule has 2 N–H and O–H groups in total. The van der Waals surface area contributed by atoms with Gasteiger partial charge in [0.2, 0.25) is 0 Å². The number of hydrogen-bond acceptors (Lipinski definition) is 8. The van der Waals surface area contributed by atoms with E-state index in [1.54, 1.807) is 0 Å². The summed E-state index contributed by atoms with van der Waals surface area (Å²) < 4.78 is 28.0. The number of rotatable bonds is 16. The van der Waals surface area contributed by atoms with Gasteiger partial charge in [0.25, 0.3) is 0 Å². The van der Waals surface area contributed by atoms with Gasteiger partial charge in [-0.2, -0.15) is 0 Å². The minimum atomic E-state index is -0.921. The largest absolute Gasteiger partial charge is 0.491 e. The van der Waals surface area contributed by atoms with Gasteiger partial charge in [-0.1, -0.05) is 37.8 Å². The number of esters is 1. The van der Waals surface area contributed by atoms with Crippen LogP contribution in [0.5, 0.6) is 5.75 Å². The second kappa shape index (κ2) is 14.7. The van der Waals surface area contributed by atoms with Crippen LogP contribution in [0.1, 0.15) is 32.8 Å². The minimum absolute atomic E-state index is 0.0292. The van der Waals surface area contributed by atoms with Gasteiger partial charge in [0.15, 0.2) is 0 Å². The monoisotopic (exact) mass is 526 g/mol. The van der Waals surface area contributed by atoms with Crippen LogP contribution in [-0.2, 0) is 25.4 Å². The van der Waals surface area contributed by atoms with Crippen LogP contribution < -0.4 is 4.74 Å². The van der Waals surface area contributed by atoms with Crippen molar-refractivity contribution in [3.63, 3.8) is 0 Å². The highest BCUT2D eigenvalue weighted by atomic mass is 16.6. The lowest BCUT2D eigenvalue weighted by Crippen LogP contribution is -2.29. The molecule has 0 spiro atoms. The summed E-state index contributed by atoms with van der Waals surface area (Å²) in [6, 6.07) is 15.9. The number of fused-ring (bicyclic) bond motifs is 1. The summed E-state index contributed by atoms with van der Waals surface area (Å²) >= 11 is 0. The highest BCUT2D eigenvalue weighted by Gasteiger charge is 2.16. The summed E-state index contributed by atoms with van der Waals surface area (Å²) in [6.45, 7) is 9.22. The van der Waals surface area contributed by atoms with Crippen LogP contribution >= 0.6 is 0 Å². The first kappa shape index (κ1) is 29.4. The first-order valence-corrected chi connectivity index (χ1v) is 12.9. The Morgan fingerprint density at radius 3 is 2.34 bits per heavy atom. The zero-order valence-electron chi connectivity index (χ0n) is 22.3. The lowest BCUT2D eigenvalue weighted by Gasteiger charge is -2.21. The summed E-state index contributed by atoms with van der Waals surface area (Å²) in [5.74, 6) is 0.834. The fourth-order valence-electron chi connectivity index (χ4n) is 3.98. The predicted molar refractivity (Wildman–Crippen MR) is 145 cm³/mol. The second-order valence-electron chi connectivity index (χ2n) is 9.30. The van der Waals surface area contributed by atoms with Crippen LogP contribution in [0.25, 0.3) is 22.3 Å². The van der Waals surface area contributed by atoms with Crippen LogP contribution in [0.15, 0.2) is 65.6 Å². The van der Waals surface area contributed by atoms with Gasteiger partial charge >= 0.3 is 5.97 Å². The van der Waals surface area contributed by atoms with Gasteiger partial charge in [0.1, 0.15) is 42.5 Å². The lowest BCUT2D eigenvalue weighted by molar-refractivity contribution is -0.142. The van der Waals surface area contributed by atoms with Crippen LogP contribution in [-0.4, -0.2) is 67.0 Å². The molecule has 0 radical (unpaired) electrons. The molecule has 0 saturated carbocycles. The molecule has 8 heteroatoms. The predicted octanol–water partition coefficient (Wildman–Crippen LogP) is 4.69. The summed E-state index contributed by atoms with van der Waals surface area (Å²) in [7, 11) is 0. The van der Waals surface area contributed by atoms with Crippen molar-refractivity contribution in [1.29, 1.82) is 0 Å². The maximum absolute atomic E-state index is 11.0. The summed E-state index contributed by atoms with van der Waals surface area (Å²) in [5, 5.41) is 21.1. The first-order valence-electron chi connectivity index (χ1n) is 12.9. The third-order valence-electron chi connectivity index (χ3n) is 5.99. The molecule has 0 saturated heterocycles. The Bertz CT molecular complexity index is 1170. The smallest absolute Gasteiger partial charge is 0.330 e. The van der Waals surface area contributed by atoms with E-state index >= 15 is 0 Å². The molecule has 4 atom stereocenters. The van der Waals surface area contributed by atoms with E-state index in [2.05, 4.69) is 25.6 Å². The molecule has 3 aromatic rings. The van der Waals surface area contributed by atoms with Crippen LogP contribution in [0.2, 0.25) is 0 Å². The number of furan rings is 1. The average Bonchev–Trinajstić information content (AvgIpc) is 3.35. The Morgan fingerprint density at radius 1 is 0.974 bits per heavy atom. The maximum Gasteiger partial charge on any atom is 0.330 e. The van der Waals surface area contributed by atoms with Crippen molar-refractivity contribution in [1.82, 2.24) is 0 Å². The van der Waals surface area contributed by atoms with Gasteiger partial charge in [-0.25, -0.2) is 4.79 Å². The number of ether oxygens (including phenoxy) is 4. The SMILES string of the molecule is C=CC(=O)OCC(O)COC(C)CC(C)OCC(O)COc1ccc2cc(-c3ccccc3CC)oc2c1. The molecule has 0 aliphatic carbocycles. The van der Waals surface area contributed by atoms with Crippen molar-refractivity contribution in [3.8, 4) is 17.1 Å². The molecule has 1 heterocycles. The van der Waals surface area contributed by atoms with E-state index in [4.69, 9.17) is 23.4 Å². The van der Waals surface area contributed by atoms with E-state index in [-0.39, 0.29) is 38.6 Å². The van der Waals surface area contributed by atoms with Crippen molar-refractivity contribution in [2.24, 2.45) is 0 Å². The van der Waals surface area contributed by atoms with E-state index in [0.29, 0.717) is 12.2 Å². The molecule has 206 valence electrons. The quantitative estimate of drug-likeness (QED) is 0.204. The fraction of sp³-hybridized carbons (Fsp3) is 0.433. The lowest BCUT2D eigenvalue weighted by atomic mass is 10.0. The van der Waals surface area contributed by atoms with Crippen molar-refractivity contribution >= 4 is 16.9 Å². The number of aliphatic hydroxyl groups is 2. The van der Waals surface area contributed by atoms with E-state index in [0.717, 1.165) is 34.8 Å². The van der Waals surface area contributed by atoms with Gasteiger partial charge in [-0.15, -0.1) is 0 Å². The molecule has 8 nitrogen and oxygen atoms in total. The van der Waals surface area contributed by atoms with E-state index in [1.165, 1.54) is 5.56 Å². The Kier molecular flexibility index (Phi) is 11.4. The van der Waals surface area contributed by atoms with Gasteiger partial charge in [0.05, 0.1) is 25.4 Å². The fourth-order valence-corrected chi connectivity index (χ4v) is 3.98. The van der Waals surface area contributed by atoms with Crippen LogP contribution in [0.4, 0.5) is 0 Å². The normalized spacial score (nSPS) is 14.6. The third kappa shape index (κ3) is 8.99. The molecule has 4 unspecified atom stereocenters. The van der Waals surface area contributed by atoms with Crippen molar-refractivity contribution < 1.29 is 38.4 Å². The highest BCUT2D eigenvalue weighted by molar-refractivity contribution is 5.84. The molecule has 0 bridgehead atoms. The van der Waals surface area contributed by atoms with Crippen molar-refractivity contribution in [2.45, 2.75) is 58.0 Å². The average molecular weight is 527 g/mol. The molecule has 38 heavy (non-hydrogen) atoms. The molecule has 0 aliphatic heterocycles. The molecular formula is C30H38O8. The zero-order chi connectivity index (χ0) is 27.5. The van der Waals surface area contributed by atoms with Crippen molar-refractivity contribution in [2.75, 3.05) is 26.4 Å². The number of hydrogen-bond donors (Lipinski definition) is 2. The van der Waals surface area contributed by atoms with Crippen LogP contribution in [0, 0.1) is 0 Å². The van der Waals surface area contributed by atoms with Crippen LogP contribution in [0.3, 0.4) is 0 Å².